The molecule has 0 aliphatic rings. The van der Waals surface area contributed by atoms with Crippen LogP contribution in [0.25, 0.3) is 28.2 Å². The number of aromatic amines is 2. The monoisotopic (exact) mass is 285 g/mol. The molecule has 4 heterocycles. The van der Waals surface area contributed by atoms with E-state index in [4.69, 9.17) is 11.6 Å². The number of fused-ring (bicyclic) bond motifs is 2. The Morgan fingerprint density at radius 1 is 1.25 bits per heavy atom. The first-order chi connectivity index (χ1) is 9.74. The second-order valence-electron chi connectivity index (χ2n) is 4.46. The number of H-pyrrole nitrogens is 2. The van der Waals surface area contributed by atoms with Crippen LogP contribution in [0.1, 0.15) is 5.82 Å². The SMILES string of the molecule is Cc1nc(-c2c(Cl)[nH]c3cccc[n+]23)c2[nH]cnc2n1. The number of aromatic nitrogens is 6. The lowest BCUT2D eigenvalue weighted by Crippen LogP contribution is -2.21. The fourth-order valence-corrected chi connectivity index (χ4v) is 2.63. The van der Waals surface area contributed by atoms with Crippen molar-refractivity contribution in [2.75, 3.05) is 0 Å². The summed E-state index contributed by atoms with van der Waals surface area (Å²) in [7, 11) is 0. The Balaban J connectivity index is 2.16. The first kappa shape index (κ1) is 11.4. The van der Waals surface area contributed by atoms with Gasteiger partial charge in [0.05, 0.1) is 12.5 Å². The molecule has 4 rings (SSSR count). The molecule has 4 aromatic heterocycles. The predicted molar refractivity (Wildman–Crippen MR) is 74.4 cm³/mol. The first-order valence-corrected chi connectivity index (χ1v) is 6.48. The molecule has 0 aliphatic heterocycles. The van der Waals surface area contributed by atoms with Gasteiger partial charge in [0.25, 0.3) is 5.65 Å². The van der Waals surface area contributed by atoms with Crippen molar-refractivity contribution in [2.45, 2.75) is 6.92 Å². The van der Waals surface area contributed by atoms with Crippen LogP contribution in [-0.4, -0.2) is 24.9 Å². The topological polar surface area (TPSA) is 74.3 Å². The van der Waals surface area contributed by atoms with Crippen LogP contribution in [0, 0.1) is 6.92 Å². The third-order valence-electron chi connectivity index (χ3n) is 3.17. The maximum atomic E-state index is 6.35. The summed E-state index contributed by atoms with van der Waals surface area (Å²) in [6.07, 6.45) is 3.54. The third kappa shape index (κ3) is 1.51. The van der Waals surface area contributed by atoms with Gasteiger partial charge in [-0.05, 0) is 24.6 Å². The number of hydrogen-bond donors (Lipinski definition) is 2. The van der Waals surface area contributed by atoms with Gasteiger partial charge in [-0.2, -0.15) is 4.40 Å². The Kier molecular flexibility index (Phi) is 2.28. The third-order valence-corrected chi connectivity index (χ3v) is 3.44. The summed E-state index contributed by atoms with van der Waals surface area (Å²) in [5, 5.41) is 0.533. The minimum atomic E-state index is 0.533. The number of nitrogens with one attached hydrogen (secondary N) is 2. The highest BCUT2D eigenvalue weighted by molar-refractivity contribution is 6.32. The predicted octanol–water partition coefficient (Wildman–Crippen LogP) is 2.05. The lowest BCUT2D eigenvalue weighted by Gasteiger charge is -1.99. The normalized spacial score (nSPS) is 11.5. The molecule has 0 fully saturated rings. The summed E-state index contributed by atoms with van der Waals surface area (Å²) in [4.78, 5) is 19.2. The molecule has 0 saturated carbocycles. The molecular weight excluding hydrogens is 276 g/mol. The zero-order valence-corrected chi connectivity index (χ0v) is 11.3. The van der Waals surface area contributed by atoms with Crippen LogP contribution >= 0.6 is 11.6 Å². The molecule has 0 spiro atoms. The number of imidazole rings is 2. The van der Waals surface area contributed by atoms with Crippen LogP contribution < -0.4 is 4.40 Å². The van der Waals surface area contributed by atoms with Crippen molar-refractivity contribution in [1.82, 2.24) is 24.9 Å². The molecule has 0 aliphatic carbocycles. The average Bonchev–Trinajstić information content (AvgIpc) is 3.00. The molecule has 2 N–H and O–H groups in total. The van der Waals surface area contributed by atoms with Gasteiger partial charge in [0.1, 0.15) is 17.0 Å². The molecule has 0 bridgehead atoms. The van der Waals surface area contributed by atoms with Crippen molar-refractivity contribution >= 4 is 28.4 Å². The highest BCUT2D eigenvalue weighted by Crippen LogP contribution is 2.27. The summed E-state index contributed by atoms with van der Waals surface area (Å²) in [5.74, 6) is 0.654. The highest BCUT2D eigenvalue weighted by atomic mass is 35.5. The van der Waals surface area contributed by atoms with E-state index >= 15 is 0 Å². The Morgan fingerprint density at radius 2 is 2.15 bits per heavy atom. The Morgan fingerprint density at radius 3 is 3.05 bits per heavy atom. The van der Waals surface area contributed by atoms with Crippen LogP contribution in [-0.2, 0) is 0 Å². The lowest BCUT2D eigenvalue weighted by atomic mass is 10.2. The van der Waals surface area contributed by atoms with E-state index < -0.39 is 0 Å². The second-order valence-corrected chi connectivity index (χ2v) is 4.84. The molecule has 0 atom stereocenters. The molecule has 4 aromatic rings. The van der Waals surface area contributed by atoms with Gasteiger partial charge in [-0.15, -0.1) is 0 Å². The second kappa shape index (κ2) is 4.01. The van der Waals surface area contributed by atoms with Crippen molar-refractivity contribution in [1.29, 1.82) is 0 Å². The van der Waals surface area contributed by atoms with E-state index in [9.17, 15) is 0 Å². The number of hydrogen-bond acceptors (Lipinski definition) is 3. The minimum Gasteiger partial charge on any atom is -0.341 e. The largest absolute Gasteiger partial charge is 0.341 e. The molecule has 6 nitrogen and oxygen atoms in total. The van der Waals surface area contributed by atoms with E-state index in [-0.39, 0.29) is 0 Å². The maximum absolute atomic E-state index is 6.35. The smallest absolute Gasteiger partial charge is 0.285 e. The number of rotatable bonds is 1. The van der Waals surface area contributed by atoms with E-state index in [0.717, 1.165) is 22.6 Å². The first-order valence-electron chi connectivity index (χ1n) is 6.10. The maximum Gasteiger partial charge on any atom is 0.285 e. The zero-order valence-electron chi connectivity index (χ0n) is 10.6. The lowest BCUT2D eigenvalue weighted by molar-refractivity contribution is -0.498. The van der Waals surface area contributed by atoms with Crippen molar-refractivity contribution in [2.24, 2.45) is 0 Å². The molecule has 0 aromatic carbocycles. The van der Waals surface area contributed by atoms with Crippen molar-refractivity contribution in [3.63, 3.8) is 0 Å². The van der Waals surface area contributed by atoms with Crippen LogP contribution in [0.3, 0.4) is 0 Å². The molecular formula is C13H10ClN6+. The van der Waals surface area contributed by atoms with Gasteiger partial charge in [-0.1, -0.05) is 6.07 Å². The molecule has 20 heavy (non-hydrogen) atoms. The van der Waals surface area contributed by atoms with Crippen LogP contribution in [0.4, 0.5) is 0 Å². The standard InChI is InChI=1S/C13H9ClN6/c1-7-17-9(10-13(18-7)16-6-15-10)11-12(14)19-8-4-2-3-5-20(8)11/h2-6H,1H3,(H,15,16,17,18)/p+1. The molecule has 98 valence electrons. The van der Waals surface area contributed by atoms with Gasteiger partial charge in [0.15, 0.2) is 5.65 Å². The number of pyridine rings is 1. The van der Waals surface area contributed by atoms with E-state index in [1.165, 1.54) is 0 Å². The Bertz CT molecular complexity index is 938. The van der Waals surface area contributed by atoms with Gasteiger partial charge >= 0.3 is 0 Å². The van der Waals surface area contributed by atoms with E-state index in [1.54, 1.807) is 6.33 Å². The summed E-state index contributed by atoms with van der Waals surface area (Å²) in [5.41, 5.74) is 3.83. The van der Waals surface area contributed by atoms with Gasteiger partial charge in [-0.3, -0.25) is 0 Å². The molecule has 0 unspecified atom stereocenters. The summed E-state index contributed by atoms with van der Waals surface area (Å²) >= 11 is 6.35. The Hall–Kier alpha value is -2.47. The number of aryl methyl sites for hydroxylation is 1. The van der Waals surface area contributed by atoms with Crippen LogP contribution in [0.5, 0.6) is 0 Å². The van der Waals surface area contributed by atoms with E-state index in [1.807, 2.05) is 35.7 Å². The Labute approximate surface area is 118 Å². The summed E-state index contributed by atoms with van der Waals surface area (Å²) in [6.45, 7) is 1.84. The van der Waals surface area contributed by atoms with Gasteiger partial charge < -0.3 is 4.98 Å². The number of halogens is 1. The van der Waals surface area contributed by atoms with Gasteiger partial charge in [0.2, 0.25) is 10.8 Å². The fraction of sp³-hybridized carbons (Fsp3) is 0.0769. The van der Waals surface area contributed by atoms with Gasteiger partial charge in [-0.25, -0.2) is 19.9 Å². The van der Waals surface area contributed by atoms with E-state index in [2.05, 4.69) is 24.9 Å². The highest BCUT2D eigenvalue weighted by Gasteiger charge is 2.24. The molecule has 7 heteroatoms. The molecule has 0 amide bonds. The quantitative estimate of drug-likeness (QED) is 0.526. The minimum absolute atomic E-state index is 0.533. The van der Waals surface area contributed by atoms with Gasteiger partial charge in [0, 0.05) is 6.07 Å². The summed E-state index contributed by atoms with van der Waals surface area (Å²) < 4.78 is 1.96. The van der Waals surface area contributed by atoms with Crippen LogP contribution in [0.2, 0.25) is 5.15 Å². The van der Waals surface area contributed by atoms with Crippen molar-refractivity contribution in [3.05, 3.63) is 41.7 Å². The van der Waals surface area contributed by atoms with E-state index in [0.29, 0.717) is 16.6 Å². The zero-order chi connectivity index (χ0) is 13.7. The fourth-order valence-electron chi connectivity index (χ4n) is 2.35. The molecule has 0 radical (unpaired) electrons. The van der Waals surface area contributed by atoms with Crippen molar-refractivity contribution < 1.29 is 4.40 Å². The average molecular weight is 286 g/mol. The van der Waals surface area contributed by atoms with Crippen LogP contribution in [0.15, 0.2) is 30.7 Å². The van der Waals surface area contributed by atoms with Crippen molar-refractivity contribution in [3.8, 4) is 11.4 Å². The summed E-state index contributed by atoms with van der Waals surface area (Å²) in [6, 6.07) is 5.84. The number of nitrogens with zero attached hydrogens (tertiary/aromatic N) is 4. The molecule has 0 saturated heterocycles.